The van der Waals surface area contributed by atoms with Crippen molar-refractivity contribution in [1.29, 1.82) is 0 Å². The summed E-state index contributed by atoms with van der Waals surface area (Å²) >= 11 is 7.94. The molecule has 0 spiro atoms. The highest BCUT2D eigenvalue weighted by Crippen LogP contribution is 2.31. The van der Waals surface area contributed by atoms with Crippen LogP contribution in [0.4, 0.5) is 0 Å². The molecule has 88 valence electrons. The Balaban J connectivity index is 1.77. The Morgan fingerprint density at radius 2 is 2.06 bits per heavy atom. The molecular formula is C13H18ClNS. The van der Waals surface area contributed by atoms with E-state index in [0.717, 1.165) is 22.1 Å². The van der Waals surface area contributed by atoms with Crippen LogP contribution in [0.3, 0.4) is 0 Å². The van der Waals surface area contributed by atoms with Crippen LogP contribution in [0, 0.1) is 0 Å². The van der Waals surface area contributed by atoms with Crippen LogP contribution >= 0.6 is 23.4 Å². The van der Waals surface area contributed by atoms with Gasteiger partial charge >= 0.3 is 0 Å². The molecule has 1 aliphatic carbocycles. The first-order valence-corrected chi connectivity index (χ1v) is 7.24. The van der Waals surface area contributed by atoms with Crippen molar-refractivity contribution < 1.29 is 0 Å². The summed E-state index contributed by atoms with van der Waals surface area (Å²) in [5.74, 6) is 1.11. The molecule has 2 unspecified atom stereocenters. The van der Waals surface area contributed by atoms with Crippen LogP contribution in [-0.4, -0.2) is 18.3 Å². The summed E-state index contributed by atoms with van der Waals surface area (Å²) in [7, 11) is 2.07. The van der Waals surface area contributed by atoms with Gasteiger partial charge in [-0.05, 0) is 44.0 Å². The molecular weight excluding hydrogens is 238 g/mol. The van der Waals surface area contributed by atoms with Crippen molar-refractivity contribution >= 4 is 23.4 Å². The Hall–Kier alpha value is -0.180. The molecule has 1 aliphatic rings. The maximum atomic E-state index is 5.86. The molecule has 1 aromatic carbocycles. The molecule has 0 amide bonds. The average Bonchev–Trinajstić information content (AvgIpc) is 2.76. The number of halogens is 1. The monoisotopic (exact) mass is 255 g/mol. The number of nitrogens with one attached hydrogen (secondary N) is 1. The van der Waals surface area contributed by atoms with Crippen molar-refractivity contribution in [2.24, 2.45) is 0 Å². The first kappa shape index (κ1) is 12.3. The minimum atomic E-state index is 0.739. The summed E-state index contributed by atoms with van der Waals surface area (Å²) in [6, 6.07) is 8.94. The zero-order chi connectivity index (χ0) is 11.4. The Morgan fingerprint density at radius 1 is 1.31 bits per heavy atom. The van der Waals surface area contributed by atoms with Gasteiger partial charge in [0, 0.05) is 22.1 Å². The average molecular weight is 256 g/mol. The van der Waals surface area contributed by atoms with Crippen LogP contribution in [0.1, 0.15) is 24.8 Å². The quantitative estimate of drug-likeness (QED) is 0.880. The summed E-state index contributed by atoms with van der Waals surface area (Å²) in [6.07, 6.45) is 3.99. The highest BCUT2D eigenvalue weighted by molar-refractivity contribution is 7.99. The van der Waals surface area contributed by atoms with Crippen molar-refractivity contribution in [3.63, 3.8) is 0 Å². The van der Waals surface area contributed by atoms with Gasteiger partial charge in [0.05, 0.1) is 0 Å². The number of hydrogen-bond acceptors (Lipinski definition) is 2. The highest BCUT2D eigenvalue weighted by Gasteiger charge is 2.23. The molecule has 2 rings (SSSR count). The van der Waals surface area contributed by atoms with Crippen LogP contribution in [0.25, 0.3) is 0 Å². The largest absolute Gasteiger partial charge is 0.317 e. The van der Waals surface area contributed by atoms with Crippen molar-refractivity contribution in [3.05, 3.63) is 34.9 Å². The standard InChI is InChI=1S/C13H18ClNS/c1-15-12-6-7-13(8-12)16-9-10-2-4-11(14)5-3-10/h2-5,12-13,15H,6-9H2,1H3. The third-order valence-corrected chi connectivity index (χ3v) is 4.84. The molecule has 0 bridgehead atoms. The van der Waals surface area contributed by atoms with Gasteiger partial charge in [0.25, 0.3) is 0 Å². The van der Waals surface area contributed by atoms with Crippen LogP contribution in [0.15, 0.2) is 24.3 Å². The Bertz CT molecular complexity index is 325. The van der Waals surface area contributed by atoms with Gasteiger partial charge in [-0.3, -0.25) is 0 Å². The highest BCUT2D eigenvalue weighted by atomic mass is 35.5. The maximum Gasteiger partial charge on any atom is 0.0406 e. The lowest BCUT2D eigenvalue weighted by molar-refractivity contribution is 0.583. The summed E-state index contributed by atoms with van der Waals surface area (Å²) in [6.45, 7) is 0. The summed E-state index contributed by atoms with van der Waals surface area (Å²) in [5, 5.41) is 5.02. The van der Waals surface area contributed by atoms with Crippen LogP contribution in [-0.2, 0) is 5.75 Å². The minimum Gasteiger partial charge on any atom is -0.317 e. The second-order valence-corrected chi connectivity index (χ2v) is 6.08. The lowest BCUT2D eigenvalue weighted by Gasteiger charge is -2.10. The van der Waals surface area contributed by atoms with Crippen molar-refractivity contribution in [3.8, 4) is 0 Å². The number of benzene rings is 1. The zero-order valence-electron chi connectivity index (χ0n) is 9.58. The molecule has 1 fully saturated rings. The third kappa shape index (κ3) is 3.41. The topological polar surface area (TPSA) is 12.0 Å². The first-order valence-electron chi connectivity index (χ1n) is 5.81. The lowest BCUT2D eigenvalue weighted by Crippen LogP contribution is -2.21. The van der Waals surface area contributed by atoms with Gasteiger partial charge in [-0.2, -0.15) is 11.8 Å². The second kappa shape index (κ2) is 5.95. The predicted octanol–water partition coefficient (Wildman–Crippen LogP) is 3.71. The van der Waals surface area contributed by atoms with E-state index in [9.17, 15) is 0 Å². The SMILES string of the molecule is CNC1CCC(SCc2ccc(Cl)cc2)C1. The van der Waals surface area contributed by atoms with Crippen molar-refractivity contribution in [1.82, 2.24) is 5.32 Å². The molecule has 16 heavy (non-hydrogen) atoms. The van der Waals surface area contributed by atoms with E-state index in [1.165, 1.54) is 24.8 Å². The summed E-state index contributed by atoms with van der Waals surface area (Å²) in [5.41, 5.74) is 1.38. The van der Waals surface area contributed by atoms with Gasteiger partial charge < -0.3 is 5.32 Å². The van der Waals surface area contributed by atoms with Gasteiger partial charge in [0.2, 0.25) is 0 Å². The molecule has 0 saturated heterocycles. The maximum absolute atomic E-state index is 5.86. The molecule has 3 heteroatoms. The van der Waals surface area contributed by atoms with Crippen LogP contribution < -0.4 is 5.32 Å². The molecule has 1 nitrogen and oxygen atoms in total. The first-order chi connectivity index (χ1) is 7.78. The molecule has 0 aromatic heterocycles. The van der Waals surface area contributed by atoms with E-state index in [1.807, 2.05) is 12.1 Å². The van der Waals surface area contributed by atoms with Gasteiger partial charge in [-0.25, -0.2) is 0 Å². The number of rotatable bonds is 4. The Labute approximate surface area is 107 Å². The molecule has 0 radical (unpaired) electrons. The van der Waals surface area contributed by atoms with E-state index in [4.69, 9.17) is 11.6 Å². The van der Waals surface area contributed by atoms with E-state index in [0.29, 0.717) is 0 Å². The Kier molecular flexibility index (Phi) is 4.56. The fraction of sp³-hybridized carbons (Fsp3) is 0.538. The van der Waals surface area contributed by atoms with E-state index in [-0.39, 0.29) is 0 Å². The van der Waals surface area contributed by atoms with E-state index in [2.05, 4.69) is 36.3 Å². The van der Waals surface area contributed by atoms with Gasteiger partial charge in [-0.1, -0.05) is 23.7 Å². The predicted molar refractivity (Wildman–Crippen MR) is 73.2 cm³/mol. The van der Waals surface area contributed by atoms with Gasteiger partial charge in [0.15, 0.2) is 0 Å². The van der Waals surface area contributed by atoms with Crippen molar-refractivity contribution in [2.75, 3.05) is 7.05 Å². The van der Waals surface area contributed by atoms with Crippen molar-refractivity contribution in [2.45, 2.75) is 36.3 Å². The van der Waals surface area contributed by atoms with E-state index >= 15 is 0 Å². The zero-order valence-corrected chi connectivity index (χ0v) is 11.2. The van der Waals surface area contributed by atoms with Crippen LogP contribution in [0.2, 0.25) is 5.02 Å². The molecule has 1 aromatic rings. The lowest BCUT2D eigenvalue weighted by atomic mass is 10.2. The third-order valence-electron chi connectivity index (χ3n) is 3.19. The smallest absolute Gasteiger partial charge is 0.0406 e. The van der Waals surface area contributed by atoms with Gasteiger partial charge in [0.1, 0.15) is 0 Å². The second-order valence-electron chi connectivity index (χ2n) is 4.36. The fourth-order valence-electron chi connectivity index (χ4n) is 2.15. The summed E-state index contributed by atoms with van der Waals surface area (Å²) in [4.78, 5) is 0. The van der Waals surface area contributed by atoms with Crippen LogP contribution in [0.5, 0.6) is 0 Å². The molecule has 2 atom stereocenters. The number of hydrogen-bond donors (Lipinski definition) is 1. The molecule has 1 saturated carbocycles. The molecule has 1 N–H and O–H groups in total. The van der Waals surface area contributed by atoms with E-state index < -0.39 is 0 Å². The normalized spacial score (nSPS) is 24.9. The minimum absolute atomic E-state index is 0.739. The molecule has 0 heterocycles. The molecule has 0 aliphatic heterocycles. The Morgan fingerprint density at radius 3 is 2.69 bits per heavy atom. The number of thioether (sulfide) groups is 1. The summed E-state index contributed by atoms with van der Waals surface area (Å²) < 4.78 is 0. The van der Waals surface area contributed by atoms with Gasteiger partial charge in [-0.15, -0.1) is 0 Å². The fourth-order valence-corrected chi connectivity index (χ4v) is 3.57. The van der Waals surface area contributed by atoms with E-state index in [1.54, 1.807) is 0 Å².